The van der Waals surface area contributed by atoms with Gasteiger partial charge in [0.2, 0.25) is 12.0 Å². The van der Waals surface area contributed by atoms with E-state index in [4.69, 9.17) is 102 Å². The molecule has 0 spiro atoms. The molecule has 3 saturated heterocycles. The lowest BCUT2D eigenvalue weighted by Crippen LogP contribution is -2.52. The molecule has 0 aliphatic carbocycles. The van der Waals surface area contributed by atoms with Gasteiger partial charge in [-0.3, -0.25) is 4.79 Å². The standard InChI is InChI=1S/C18H22Cl2N6O4.C15H16Cl2N6O3.C10H20N2O2.C7H4Cl2N4O.C7H3Cl2NO/c1-18(2,3)30-15(27)21-11-6-5-9-24(10-11)16(28)26-17(29)25(22-23-26)14-12(19)7-4-8-13(14)20;1-9(24)18-10-4-3-7-21(8-10)14(25)23-15(26)22(19-20-23)13-11(16)5-2-6-12(13)17;1-10(2,3)14-9(13)12-8-5-4-6-11-7-8;8-4-2-1-3-5(9)6(4)13-7(14)10-11-12-13;8-5-2-1-3-6(9)7(5)10-4-11/h4,7-8,11H,5-6,9-10H2,1-3H3,(H,21,27);2,5-6,10H,3-4,7-8H2,1H3,(H,18,24);8,11H,4-7H2,1-3H3,(H,12,13);1-3H,(H,10,12,14);1-3H. The number of isocyanates is 1. The van der Waals surface area contributed by atoms with Crippen LogP contribution in [-0.4, -0.2) is 174 Å². The first-order chi connectivity index (χ1) is 44.9. The molecule has 3 aromatic heterocycles. The first-order valence-electron chi connectivity index (χ1n) is 28.9. The summed E-state index contributed by atoms with van der Waals surface area (Å²) < 4.78 is 14.5. The molecule has 3 unspecified atom stereocenters. The lowest BCUT2D eigenvalue weighted by molar-refractivity contribution is -0.120. The maximum absolute atomic E-state index is 12.9. The smallest absolute Gasteiger partial charge is 0.407 e. The zero-order valence-corrected chi connectivity index (χ0v) is 58.0. The average molecular weight is 1480 g/mol. The van der Waals surface area contributed by atoms with E-state index in [9.17, 15) is 43.2 Å². The average Bonchev–Trinajstić information content (AvgIpc) is 1.68. The number of carbonyl (C=O) groups is 5. The number of aromatic amines is 1. The van der Waals surface area contributed by atoms with Crippen LogP contribution in [0, 0.1) is 0 Å². The van der Waals surface area contributed by atoms with Gasteiger partial charge >= 0.3 is 41.3 Å². The van der Waals surface area contributed by atoms with Gasteiger partial charge in [0.1, 0.15) is 34.0 Å². The van der Waals surface area contributed by atoms with Crippen LogP contribution in [0.1, 0.15) is 87.0 Å². The fourth-order valence-corrected chi connectivity index (χ4v) is 11.2. The van der Waals surface area contributed by atoms with Gasteiger partial charge in [0.05, 0.1) is 40.2 Å². The van der Waals surface area contributed by atoms with Crippen LogP contribution in [0.3, 0.4) is 0 Å². The fourth-order valence-electron chi connectivity index (χ4n) is 9.09. The van der Waals surface area contributed by atoms with Crippen LogP contribution in [0.15, 0.2) is 92.2 Å². The molecule has 38 heteroatoms. The summed E-state index contributed by atoms with van der Waals surface area (Å²) in [6.45, 7) is 15.6. The van der Waals surface area contributed by atoms with Gasteiger partial charge in [-0.2, -0.15) is 19.0 Å². The molecule has 510 valence electrons. The predicted octanol–water partition coefficient (Wildman–Crippen LogP) is 9.48. The van der Waals surface area contributed by atoms with E-state index in [2.05, 4.69) is 62.6 Å². The maximum atomic E-state index is 12.9. The lowest BCUT2D eigenvalue weighted by atomic mass is 10.1. The number of aliphatic imine (C=N–C) groups is 1. The molecule has 95 heavy (non-hydrogen) atoms. The number of hydrogen-bond donors (Lipinski definition) is 5. The molecule has 3 aliphatic rings. The number of alkyl carbamates (subject to hydrolysis) is 2. The number of tetrazole rings is 3. The van der Waals surface area contributed by atoms with E-state index in [0.717, 1.165) is 46.4 Å². The van der Waals surface area contributed by atoms with Crippen molar-refractivity contribution in [3.05, 3.63) is 144 Å². The molecule has 6 heterocycles. The summed E-state index contributed by atoms with van der Waals surface area (Å²) >= 11 is 47.4. The van der Waals surface area contributed by atoms with Crippen LogP contribution >= 0.6 is 92.8 Å². The van der Waals surface area contributed by atoms with Gasteiger partial charge in [0.15, 0.2) is 0 Å². The SMILES string of the molecule is CC(=O)NC1CCCN(C(=O)n2nnn(-c3c(Cl)cccc3Cl)c2=O)C1.CC(C)(C)OC(=O)NC1CCCN(C(=O)n2nnn(-c3c(Cl)cccc3Cl)c2=O)C1.CC(C)(C)OC(=O)NC1CCCNC1.O=C=Nc1c(Cl)cccc1Cl.O=c1[nH]nnn1-c1c(Cl)cccc1Cl. The van der Waals surface area contributed by atoms with E-state index in [1.807, 2.05) is 20.8 Å². The van der Waals surface area contributed by atoms with Gasteiger partial charge in [0.25, 0.3) is 0 Å². The zero-order valence-electron chi connectivity index (χ0n) is 51.9. The Labute approximate surface area is 582 Å². The van der Waals surface area contributed by atoms with Crippen molar-refractivity contribution in [3.63, 3.8) is 0 Å². The van der Waals surface area contributed by atoms with Gasteiger partial charge in [-0.05, 0) is 166 Å². The summed E-state index contributed by atoms with van der Waals surface area (Å²) in [7, 11) is 0. The molecule has 3 fully saturated rings. The Hall–Kier alpha value is -7.90. The minimum atomic E-state index is -0.794. The van der Waals surface area contributed by atoms with Crippen molar-refractivity contribution in [3.8, 4) is 17.1 Å². The van der Waals surface area contributed by atoms with Gasteiger partial charge < -0.3 is 40.5 Å². The number of benzene rings is 4. The van der Waals surface area contributed by atoms with Crippen molar-refractivity contribution in [2.75, 3.05) is 39.3 Å². The van der Waals surface area contributed by atoms with Crippen molar-refractivity contribution in [1.29, 1.82) is 0 Å². The third-order valence-corrected chi connectivity index (χ3v) is 15.5. The summed E-state index contributed by atoms with van der Waals surface area (Å²) in [5.41, 5.74) is -2.18. The first-order valence-corrected chi connectivity index (χ1v) is 31.9. The Balaban J connectivity index is 0.000000198. The second kappa shape index (κ2) is 35.2. The maximum Gasteiger partial charge on any atom is 0.407 e. The second-order valence-electron chi connectivity index (χ2n) is 22.7. The normalized spacial score (nSPS) is 16.0. The summed E-state index contributed by atoms with van der Waals surface area (Å²) in [4.78, 5) is 113. The van der Waals surface area contributed by atoms with Crippen LogP contribution in [0.4, 0.5) is 24.9 Å². The van der Waals surface area contributed by atoms with E-state index in [-0.39, 0.29) is 73.8 Å². The Bertz CT molecular complexity index is 3990. The van der Waals surface area contributed by atoms with E-state index >= 15 is 0 Å². The summed E-state index contributed by atoms with van der Waals surface area (Å²) in [5.74, 6) is -0.166. The van der Waals surface area contributed by atoms with Gasteiger partial charge in [-0.15, -0.1) is 9.36 Å². The zero-order chi connectivity index (χ0) is 69.9. The van der Waals surface area contributed by atoms with E-state index in [0.29, 0.717) is 74.0 Å². The third-order valence-electron chi connectivity index (χ3n) is 13.1. The highest BCUT2D eigenvalue weighted by Gasteiger charge is 2.32. The number of ether oxygens (including phenoxy) is 2. The highest BCUT2D eigenvalue weighted by Crippen LogP contribution is 2.32. The van der Waals surface area contributed by atoms with Crippen molar-refractivity contribution >= 4 is 135 Å². The molecule has 3 atom stereocenters. The van der Waals surface area contributed by atoms with Gasteiger partial charge in [-0.25, -0.2) is 43.5 Å². The van der Waals surface area contributed by atoms with Crippen LogP contribution < -0.4 is 38.3 Å². The number of nitrogens with one attached hydrogen (secondary N) is 5. The monoisotopic (exact) mass is 1470 g/mol. The largest absolute Gasteiger partial charge is 0.444 e. The quantitative estimate of drug-likeness (QED) is 0.0563. The Morgan fingerprint density at radius 1 is 0.537 bits per heavy atom. The number of piperidine rings is 3. The second-order valence-corrected chi connectivity index (χ2v) is 26.0. The molecule has 7 aromatic rings. The van der Waals surface area contributed by atoms with Crippen molar-refractivity contribution in [1.82, 2.24) is 90.9 Å². The highest BCUT2D eigenvalue weighted by atomic mass is 35.5. The van der Waals surface area contributed by atoms with Crippen LogP contribution in [0.5, 0.6) is 0 Å². The lowest BCUT2D eigenvalue weighted by Gasteiger charge is -2.32. The number of likely N-dealkylation sites (tertiary alicyclic amines) is 2. The minimum Gasteiger partial charge on any atom is -0.444 e. The fraction of sp³-hybridized carbons (Fsp3) is 0.421. The number of aromatic nitrogens is 12. The molecule has 5 N–H and O–H groups in total. The predicted molar refractivity (Wildman–Crippen MR) is 357 cm³/mol. The number of carbonyl (C=O) groups excluding carboxylic acids is 6. The first kappa shape index (κ1) is 76.1. The molecule has 10 rings (SSSR count). The summed E-state index contributed by atoms with van der Waals surface area (Å²) in [6, 6.07) is 17.7. The van der Waals surface area contributed by atoms with Crippen LogP contribution in [-0.2, 0) is 19.1 Å². The Morgan fingerprint density at radius 3 is 1.27 bits per heavy atom. The van der Waals surface area contributed by atoms with Gasteiger partial charge in [-0.1, -0.05) is 117 Å². The summed E-state index contributed by atoms with van der Waals surface area (Å²) in [5, 5.41) is 37.6. The number of para-hydroxylation sites is 4. The molecule has 5 amide bonds. The van der Waals surface area contributed by atoms with E-state index in [1.165, 1.54) is 22.8 Å². The molecule has 30 nitrogen and oxygen atoms in total. The number of amides is 5. The minimum absolute atomic E-state index is 0.146. The molecule has 0 radical (unpaired) electrons. The van der Waals surface area contributed by atoms with Crippen molar-refractivity contribution in [2.24, 2.45) is 4.99 Å². The Morgan fingerprint density at radius 2 is 0.916 bits per heavy atom. The number of hydrogen-bond acceptors (Lipinski definition) is 19. The van der Waals surface area contributed by atoms with Crippen LogP contribution in [0.25, 0.3) is 17.1 Å². The highest BCUT2D eigenvalue weighted by molar-refractivity contribution is 6.39. The van der Waals surface area contributed by atoms with Crippen molar-refractivity contribution in [2.45, 2.75) is 116 Å². The van der Waals surface area contributed by atoms with Crippen molar-refractivity contribution < 1.29 is 38.2 Å². The topological polar surface area (TPSA) is 357 Å². The molecule has 0 bridgehead atoms. The van der Waals surface area contributed by atoms with E-state index in [1.54, 1.807) is 93.6 Å². The number of H-pyrrole nitrogens is 1. The van der Waals surface area contributed by atoms with Gasteiger partial charge in [0, 0.05) is 57.8 Å². The molecular formula is C57H65Cl8N19O11. The summed E-state index contributed by atoms with van der Waals surface area (Å²) in [6.07, 6.45) is 5.44. The molecule has 4 aromatic carbocycles. The number of rotatable bonds is 7. The number of nitrogens with zero attached hydrogens (tertiary/aromatic N) is 14. The molecule has 3 aliphatic heterocycles. The van der Waals surface area contributed by atoms with E-state index < -0.39 is 46.4 Å². The number of halogens is 8. The Kier molecular flexibility index (Phi) is 28.2. The third kappa shape index (κ3) is 22.3. The molecule has 0 saturated carbocycles. The molecular weight excluding hydrogens is 1410 g/mol. The van der Waals surface area contributed by atoms with Crippen LogP contribution in [0.2, 0.25) is 40.2 Å².